The number of amides is 1. The topological polar surface area (TPSA) is 66.8 Å². The Labute approximate surface area is 140 Å². The number of aliphatic hydroxyl groups is 1. The van der Waals surface area contributed by atoms with Crippen LogP contribution in [0.25, 0.3) is 11.1 Å². The molecule has 1 aliphatic rings. The van der Waals surface area contributed by atoms with Gasteiger partial charge in [0.15, 0.2) is 0 Å². The van der Waals surface area contributed by atoms with Crippen LogP contribution in [-0.4, -0.2) is 47.7 Å². The molecule has 1 fully saturated rings. The Morgan fingerprint density at radius 1 is 1.04 bits per heavy atom. The van der Waals surface area contributed by atoms with E-state index in [1.807, 2.05) is 42.5 Å². The van der Waals surface area contributed by atoms with Crippen molar-refractivity contribution in [2.24, 2.45) is 0 Å². The summed E-state index contributed by atoms with van der Waals surface area (Å²) in [6, 6.07) is 16.4. The smallest absolute Gasteiger partial charge is 0.328 e. The van der Waals surface area contributed by atoms with Gasteiger partial charge in [0, 0.05) is 18.5 Å². The second-order valence-corrected chi connectivity index (χ2v) is 5.83. The predicted molar refractivity (Wildman–Crippen MR) is 89.3 cm³/mol. The molecule has 1 heterocycles. The van der Waals surface area contributed by atoms with E-state index in [2.05, 4.69) is 0 Å². The molecule has 1 amide bonds. The first-order valence-electron chi connectivity index (χ1n) is 7.82. The van der Waals surface area contributed by atoms with Gasteiger partial charge in [0.25, 0.3) is 5.91 Å². The molecule has 0 aliphatic carbocycles. The van der Waals surface area contributed by atoms with Crippen molar-refractivity contribution in [3.8, 4) is 11.1 Å². The van der Waals surface area contributed by atoms with Crippen molar-refractivity contribution >= 4 is 11.9 Å². The Hall–Kier alpha value is -2.66. The van der Waals surface area contributed by atoms with Gasteiger partial charge in [0.2, 0.25) is 0 Å². The Morgan fingerprint density at radius 3 is 2.29 bits per heavy atom. The largest absolute Gasteiger partial charge is 0.467 e. The zero-order chi connectivity index (χ0) is 17.1. The highest BCUT2D eigenvalue weighted by atomic mass is 16.5. The molecule has 0 bridgehead atoms. The van der Waals surface area contributed by atoms with Gasteiger partial charge in [-0.25, -0.2) is 4.79 Å². The van der Waals surface area contributed by atoms with Crippen molar-refractivity contribution in [2.45, 2.75) is 18.6 Å². The van der Waals surface area contributed by atoms with Gasteiger partial charge in [0.05, 0.1) is 13.2 Å². The van der Waals surface area contributed by atoms with Crippen molar-refractivity contribution in [1.29, 1.82) is 0 Å². The SMILES string of the molecule is COC(=O)C1CC(O)CN1C(=O)c1ccc(-c2ccccc2)cc1. The number of likely N-dealkylation sites (tertiary alicyclic amines) is 1. The van der Waals surface area contributed by atoms with Crippen LogP contribution in [0.3, 0.4) is 0 Å². The predicted octanol–water partition coefficient (Wildman–Crippen LogP) is 2.10. The third-order valence-electron chi connectivity index (χ3n) is 4.25. The number of ether oxygens (including phenoxy) is 1. The third kappa shape index (κ3) is 3.16. The van der Waals surface area contributed by atoms with E-state index < -0.39 is 18.1 Å². The minimum absolute atomic E-state index is 0.138. The van der Waals surface area contributed by atoms with Crippen molar-refractivity contribution in [3.05, 3.63) is 60.2 Å². The Morgan fingerprint density at radius 2 is 1.67 bits per heavy atom. The van der Waals surface area contributed by atoms with Crippen LogP contribution in [0.5, 0.6) is 0 Å². The van der Waals surface area contributed by atoms with E-state index in [1.165, 1.54) is 12.0 Å². The number of aliphatic hydroxyl groups excluding tert-OH is 1. The summed E-state index contributed by atoms with van der Waals surface area (Å²) in [4.78, 5) is 25.9. The van der Waals surface area contributed by atoms with Gasteiger partial charge in [-0.15, -0.1) is 0 Å². The van der Waals surface area contributed by atoms with E-state index in [1.54, 1.807) is 12.1 Å². The molecule has 0 radical (unpaired) electrons. The maximum Gasteiger partial charge on any atom is 0.328 e. The van der Waals surface area contributed by atoms with Gasteiger partial charge in [-0.05, 0) is 23.3 Å². The number of nitrogens with zero attached hydrogens (tertiary/aromatic N) is 1. The number of rotatable bonds is 3. The lowest BCUT2D eigenvalue weighted by Gasteiger charge is -2.22. The molecule has 0 spiro atoms. The molecule has 2 unspecified atom stereocenters. The highest BCUT2D eigenvalue weighted by Crippen LogP contribution is 2.24. The minimum atomic E-state index is -0.730. The van der Waals surface area contributed by atoms with Gasteiger partial charge < -0.3 is 14.7 Å². The molecule has 2 aromatic rings. The maximum atomic E-state index is 12.7. The molecule has 124 valence electrons. The highest BCUT2D eigenvalue weighted by molar-refractivity contribution is 5.97. The molecule has 1 saturated heterocycles. The molecule has 2 atom stereocenters. The number of esters is 1. The first kappa shape index (κ1) is 16.2. The lowest BCUT2D eigenvalue weighted by Crippen LogP contribution is -2.41. The van der Waals surface area contributed by atoms with Crippen LogP contribution in [0.15, 0.2) is 54.6 Å². The van der Waals surface area contributed by atoms with Gasteiger partial charge >= 0.3 is 5.97 Å². The van der Waals surface area contributed by atoms with Gasteiger partial charge in [0.1, 0.15) is 6.04 Å². The number of hydrogen-bond acceptors (Lipinski definition) is 4. The normalized spacial score (nSPS) is 20.0. The summed E-state index contributed by atoms with van der Waals surface area (Å²) in [6.45, 7) is 0.138. The number of carbonyl (C=O) groups excluding carboxylic acids is 2. The van der Waals surface area contributed by atoms with E-state index in [0.717, 1.165) is 11.1 Å². The average molecular weight is 325 g/mol. The van der Waals surface area contributed by atoms with Crippen LogP contribution < -0.4 is 0 Å². The summed E-state index contributed by atoms with van der Waals surface area (Å²) in [7, 11) is 1.28. The zero-order valence-electron chi connectivity index (χ0n) is 13.4. The van der Waals surface area contributed by atoms with Crippen molar-refractivity contribution < 1.29 is 19.4 Å². The molecule has 1 aliphatic heterocycles. The van der Waals surface area contributed by atoms with E-state index in [0.29, 0.717) is 5.56 Å². The molecule has 0 saturated carbocycles. The van der Waals surface area contributed by atoms with Crippen molar-refractivity contribution in [3.63, 3.8) is 0 Å². The molecular formula is C19H19NO4. The molecule has 1 N–H and O–H groups in total. The summed E-state index contributed by atoms with van der Waals surface area (Å²) >= 11 is 0. The van der Waals surface area contributed by atoms with Crippen molar-refractivity contribution in [2.75, 3.05) is 13.7 Å². The first-order chi connectivity index (χ1) is 11.6. The van der Waals surface area contributed by atoms with E-state index in [-0.39, 0.29) is 18.9 Å². The second kappa shape index (κ2) is 6.84. The Bertz CT molecular complexity index is 727. The van der Waals surface area contributed by atoms with Crippen LogP contribution in [0.1, 0.15) is 16.8 Å². The van der Waals surface area contributed by atoms with E-state index in [4.69, 9.17) is 4.74 Å². The number of β-amino-alcohol motifs (C(OH)–C–C–N with tert-alkyl or cyclic N) is 1. The monoisotopic (exact) mass is 325 g/mol. The Balaban J connectivity index is 1.81. The van der Waals surface area contributed by atoms with Crippen LogP contribution in [0, 0.1) is 0 Å². The average Bonchev–Trinajstić information content (AvgIpc) is 3.03. The van der Waals surface area contributed by atoms with Gasteiger partial charge in [-0.2, -0.15) is 0 Å². The van der Waals surface area contributed by atoms with E-state index >= 15 is 0 Å². The molecule has 24 heavy (non-hydrogen) atoms. The molecule has 5 nitrogen and oxygen atoms in total. The van der Waals surface area contributed by atoms with Crippen LogP contribution in [0.4, 0.5) is 0 Å². The fourth-order valence-electron chi connectivity index (χ4n) is 3.00. The van der Waals surface area contributed by atoms with Crippen LogP contribution >= 0.6 is 0 Å². The third-order valence-corrected chi connectivity index (χ3v) is 4.25. The Kier molecular flexibility index (Phi) is 4.62. The van der Waals surface area contributed by atoms with Crippen LogP contribution in [0.2, 0.25) is 0 Å². The molecule has 5 heteroatoms. The van der Waals surface area contributed by atoms with Gasteiger partial charge in [-0.1, -0.05) is 42.5 Å². The number of hydrogen-bond donors (Lipinski definition) is 1. The quantitative estimate of drug-likeness (QED) is 0.878. The summed E-state index contributed by atoms with van der Waals surface area (Å²) in [5, 5.41) is 9.80. The van der Waals surface area contributed by atoms with Gasteiger partial charge in [-0.3, -0.25) is 4.79 Å². The summed E-state index contributed by atoms with van der Waals surface area (Å²) in [5.41, 5.74) is 2.57. The summed E-state index contributed by atoms with van der Waals surface area (Å²) < 4.78 is 4.73. The number of benzene rings is 2. The molecular weight excluding hydrogens is 306 g/mol. The first-order valence-corrected chi connectivity index (χ1v) is 7.82. The summed E-state index contributed by atoms with van der Waals surface area (Å²) in [6.07, 6.45) is -0.498. The second-order valence-electron chi connectivity index (χ2n) is 5.83. The number of carbonyl (C=O) groups is 2. The van der Waals surface area contributed by atoms with Crippen molar-refractivity contribution in [1.82, 2.24) is 4.90 Å². The summed E-state index contributed by atoms with van der Waals surface area (Å²) in [5.74, 6) is -0.776. The van der Waals surface area contributed by atoms with E-state index in [9.17, 15) is 14.7 Å². The lowest BCUT2D eigenvalue weighted by molar-refractivity contribution is -0.145. The fourth-order valence-corrected chi connectivity index (χ4v) is 3.00. The molecule has 3 rings (SSSR count). The molecule has 0 aromatic heterocycles. The molecule has 2 aromatic carbocycles. The highest BCUT2D eigenvalue weighted by Gasteiger charge is 2.39. The maximum absolute atomic E-state index is 12.7. The number of methoxy groups -OCH3 is 1. The zero-order valence-corrected chi connectivity index (χ0v) is 13.4. The fraction of sp³-hybridized carbons (Fsp3) is 0.263. The van der Waals surface area contributed by atoms with Crippen LogP contribution in [-0.2, 0) is 9.53 Å². The minimum Gasteiger partial charge on any atom is -0.467 e. The lowest BCUT2D eigenvalue weighted by atomic mass is 10.0. The standard InChI is InChI=1S/C19H19NO4/c1-24-19(23)17-11-16(21)12-20(17)18(22)15-9-7-14(8-10-15)13-5-3-2-4-6-13/h2-10,16-17,21H,11-12H2,1H3.